The summed E-state index contributed by atoms with van der Waals surface area (Å²) < 4.78 is 18.2. The fraction of sp³-hybridized carbons (Fsp3) is 0.400. The van der Waals surface area contributed by atoms with Crippen LogP contribution < -0.4 is 0 Å². The highest BCUT2D eigenvalue weighted by atomic mass is 19.1. The number of hydrogen-bond donors (Lipinski definition) is 0. The summed E-state index contributed by atoms with van der Waals surface area (Å²) in [6.45, 7) is 0.471. The Morgan fingerprint density at radius 1 is 1.39 bits per heavy atom. The van der Waals surface area contributed by atoms with E-state index in [1.54, 1.807) is 12.1 Å². The Bertz CT molecular complexity index is 440. The molecule has 0 bridgehead atoms. The summed E-state index contributed by atoms with van der Waals surface area (Å²) in [4.78, 5) is 11.6. The Balaban J connectivity index is 1.76. The topological polar surface area (TPSA) is 26.3 Å². The summed E-state index contributed by atoms with van der Waals surface area (Å²) in [6.07, 6.45) is 7.54. The molecular formula is C15H17FO2. The highest BCUT2D eigenvalue weighted by molar-refractivity contribution is 5.72. The molecule has 0 saturated carbocycles. The van der Waals surface area contributed by atoms with Crippen LogP contribution in [0.5, 0.6) is 0 Å². The fourth-order valence-electron chi connectivity index (χ4n) is 2.08. The van der Waals surface area contributed by atoms with Crippen molar-refractivity contribution in [1.29, 1.82) is 0 Å². The van der Waals surface area contributed by atoms with Gasteiger partial charge in [-0.15, -0.1) is 0 Å². The molecule has 0 aromatic heterocycles. The van der Waals surface area contributed by atoms with E-state index in [1.807, 2.05) is 0 Å². The van der Waals surface area contributed by atoms with Gasteiger partial charge in [0.05, 0.1) is 13.0 Å². The summed E-state index contributed by atoms with van der Waals surface area (Å²) in [6, 6.07) is 6.06. The van der Waals surface area contributed by atoms with Gasteiger partial charge in [-0.1, -0.05) is 24.3 Å². The summed E-state index contributed by atoms with van der Waals surface area (Å²) in [7, 11) is 0. The standard InChI is InChI=1S/C15H17FO2/c16-14-8-4-7-13(9-14)10-15(17)18-11-12-5-2-1-3-6-12/h1-2,4,7-9,12H,3,5-6,10-11H2. The molecule has 2 nitrogen and oxygen atoms in total. The molecular weight excluding hydrogens is 231 g/mol. The van der Waals surface area contributed by atoms with Crippen LogP contribution in [0.25, 0.3) is 0 Å². The molecule has 1 unspecified atom stereocenters. The van der Waals surface area contributed by atoms with Gasteiger partial charge < -0.3 is 4.74 Å². The first-order valence-corrected chi connectivity index (χ1v) is 6.29. The normalized spacial score (nSPS) is 18.6. The molecule has 3 heteroatoms. The van der Waals surface area contributed by atoms with Crippen LogP contribution in [-0.2, 0) is 16.0 Å². The second-order valence-electron chi connectivity index (χ2n) is 4.64. The van der Waals surface area contributed by atoms with Crippen molar-refractivity contribution in [2.75, 3.05) is 6.61 Å². The second-order valence-corrected chi connectivity index (χ2v) is 4.64. The molecule has 1 aromatic rings. The minimum Gasteiger partial charge on any atom is -0.465 e. The highest BCUT2D eigenvalue weighted by Crippen LogP contribution is 2.18. The van der Waals surface area contributed by atoms with Crippen LogP contribution in [0.1, 0.15) is 24.8 Å². The van der Waals surface area contributed by atoms with E-state index >= 15 is 0 Å². The first-order chi connectivity index (χ1) is 8.74. The van der Waals surface area contributed by atoms with E-state index in [2.05, 4.69) is 12.2 Å². The van der Waals surface area contributed by atoms with Gasteiger partial charge in [0.15, 0.2) is 0 Å². The molecule has 1 aliphatic carbocycles. The van der Waals surface area contributed by atoms with Gasteiger partial charge in [0.2, 0.25) is 0 Å². The maximum Gasteiger partial charge on any atom is 0.310 e. The van der Waals surface area contributed by atoms with E-state index in [9.17, 15) is 9.18 Å². The molecule has 0 saturated heterocycles. The van der Waals surface area contributed by atoms with Crippen LogP contribution in [-0.4, -0.2) is 12.6 Å². The fourth-order valence-corrected chi connectivity index (χ4v) is 2.08. The average molecular weight is 248 g/mol. The predicted octanol–water partition coefficient (Wildman–Crippen LogP) is 3.27. The maximum atomic E-state index is 12.9. The van der Waals surface area contributed by atoms with Gasteiger partial charge in [0.25, 0.3) is 0 Å². The van der Waals surface area contributed by atoms with Crippen molar-refractivity contribution in [3.63, 3.8) is 0 Å². The molecule has 18 heavy (non-hydrogen) atoms. The number of esters is 1. The van der Waals surface area contributed by atoms with E-state index in [0.717, 1.165) is 19.3 Å². The lowest BCUT2D eigenvalue weighted by Gasteiger charge is -2.17. The van der Waals surface area contributed by atoms with Gasteiger partial charge in [-0.3, -0.25) is 4.79 Å². The third-order valence-corrected chi connectivity index (χ3v) is 3.10. The number of benzene rings is 1. The number of hydrogen-bond acceptors (Lipinski definition) is 2. The van der Waals surface area contributed by atoms with E-state index in [-0.39, 0.29) is 18.2 Å². The molecule has 1 atom stereocenters. The van der Waals surface area contributed by atoms with Crippen LogP contribution in [0.2, 0.25) is 0 Å². The molecule has 0 aliphatic heterocycles. The van der Waals surface area contributed by atoms with Crippen molar-refractivity contribution in [2.24, 2.45) is 5.92 Å². The lowest BCUT2D eigenvalue weighted by molar-refractivity contribution is -0.144. The second kappa shape index (κ2) is 6.34. The van der Waals surface area contributed by atoms with Gasteiger partial charge in [-0.25, -0.2) is 4.39 Å². The van der Waals surface area contributed by atoms with Crippen LogP contribution >= 0.6 is 0 Å². The zero-order valence-electron chi connectivity index (χ0n) is 10.3. The minimum absolute atomic E-state index is 0.139. The van der Waals surface area contributed by atoms with Crippen molar-refractivity contribution in [3.8, 4) is 0 Å². The van der Waals surface area contributed by atoms with Crippen LogP contribution in [0, 0.1) is 11.7 Å². The summed E-state index contributed by atoms with van der Waals surface area (Å²) in [5.41, 5.74) is 0.656. The van der Waals surface area contributed by atoms with Gasteiger partial charge in [-0.2, -0.15) is 0 Å². The van der Waals surface area contributed by atoms with Gasteiger partial charge in [0.1, 0.15) is 5.82 Å². The van der Waals surface area contributed by atoms with Gasteiger partial charge in [0, 0.05) is 0 Å². The lowest BCUT2D eigenvalue weighted by Crippen LogP contribution is -2.16. The van der Waals surface area contributed by atoms with Crippen molar-refractivity contribution < 1.29 is 13.9 Å². The zero-order chi connectivity index (χ0) is 12.8. The third-order valence-electron chi connectivity index (χ3n) is 3.10. The smallest absolute Gasteiger partial charge is 0.310 e. The molecule has 0 spiro atoms. The Morgan fingerprint density at radius 3 is 3.00 bits per heavy atom. The van der Waals surface area contributed by atoms with Gasteiger partial charge >= 0.3 is 5.97 Å². The van der Waals surface area contributed by atoms with Crippen molar-refractivity contribution in [1.82, 2.24) is 0 Å². The zero-order valence-corrected chi connectivity index (χ0v) is 10.3. The third kappa shape index (κ3) is 3.99. The van der Waals surface area contributed by atoms with Crippen LogP contribution in [0.15, 0.2) is 36.4 Å². The van der Waals surface area contributed by atoms with Gasteiger partial charge in [-0.05, 0) is 42.9 Å². The van der Waals surface area contributed by atoms with Crippen molar-refractivity contribution >= 4 is 5.97 Å². The summed E-state index contributed by atoms with van der Waals surface area (Å²) in [5.74, 6) is -0.167. The number of ether oxygens (including phenoxy) is 1. The predicted molar refractivity (Wildman–Crippen MR) is 67.5 cm³/mol. The molecule has 1 aliphatic rings. The number of rotatable bonds is 4. The summed E-state index contributed by atoms with van der Waals surface area (Å²) >= 11 is 0. The molecule has 0 fully saturated rings. The lowest BCUT2D eigenvalue weighted by atomic mass is 9.95. The molecule has 0 amide bonds. The molecule has 1 aromatic carbocycles. The van der Waals surface area contributed by atoms with E-state index in [0.29, 0.717) is 18.1 Å². The first-order valence-electron chi connectivity index (χ1n) is 6.29. The molecule has 0 radical (unpaired) electrons. The van der Waals surface area contributed by atoms with Crippen molar-refractivity contribution in [3.05, 3.63) is 47.8 Å². The van der Waals surface area contributed by atoms with Crippen molar-refractivity contribution in [2.45, 2.75) is 25.7 Å². The maximum absolute atomic E-state index is 12.9. The van der Waals surface area contributed by atoms with E-state index < -0.39 is 0 Å². The van der Waals surface area contributed by atoms with E-state index in [1.165, 1.54) is 12.1 Å². The first kappa shape index (κ1) is 12.8. The Hall–Kier alpha value is -1.64. The quantitative estimate of drug-likeness (QED) is 0.604. The number of allylic oxidation sites excluding steroid dienone is 2. The SMILES string of the molecule is O=C(Cc1cccc(F)c1)OCC1CC=CCC1. The number of carbonyl (C=O) groups is 1. The van der Waals surface area contributed by atoms with Crippen LogP contribution in [0.4, 0.5) is 4.39 Å². The highest BCUT2D eigenvalue weighted by Gasteiger charge is 2.13. The molecule has 96 valence electrons. The van der Waals surface area contributed by atoms with E-state index in [4.69, 9.17) is 4.74 Å². The Labute approximate surface area is 106 Å². The number of carbonyl (C=O) groups excluding carboxylic acids is 1. The monoisotopic (exact) mass is 248 g/mol. The molecule has 0 heterocycles. The largest absolute Gasteiger partial charge is 0.465 e. The minimum atomic E-state index is -0.322. The Morgan fingerprint density at radius 2 is 2.28 bits per heavy atom. The molecule has 0 N–H and O–H groups in total. The summed E-state index contributed by atoms with van der Waals surface area (Å²) in [5, 5.41) is 0. The van der Waals surface area contributed by atoms with Crippen LogP contribution in [0.3, 0.4) is 0 Å². The average Bonchev–Trinajstić information content (AvgIpc) is 2.38. The molecule has 2 rings (SSSR count). The Kier molecular flexibility index (Phi) is 4.51. The number of halogens is 1.